The Balaban J connectivity index is 1.75. The van der Waals surface area contributed by atoms with E-state index in [1.807, 2.05) is 48.5 Å². The van der Waals surface area contributed by atoms with E-state index in [9.17, 15) is 9.90 Å². The third-order valence-electron chi connectivity index (χ3n) is 5.27. The van der Waals surface area contributed by atoms with Gasteiger partial charge in [0.2, 0.25) is 0 Å². The summed E-state index contributed by atoms with van der Waals surface area (Å²) < 4.78 is 0. The second-order valence-corrected chi connectivity index (χ2v) is 6.58. The fraction of sp³-hybridized carbons (Fsp3) is 0.286. The minimum Gasteiger partial charge on any atom is -0.507 e. The van der Waals surface area contributed by atoms with E-state index in [0.29, 0.717) is 17.9 Å². The molecule has 0 amide bonds. The maximum absolute atomic E-state index is 12.9. The first-order chi connectivity index (χ1) is 11.3. The lowest BCUT2D eigenvalue weighted by molar-refractivity contribution is -0.115. The molecule has 2 atom stereocenters. The minimum atomic E-state index is 0.0695. The van der Waals surface area contributed by atoms with E-state index in [2.05, 4.69) is 6.07 Å². The Morgan fingerprint density at radius 3 is 2.48 bits per heavy atom. The summed E-state index contributed by atoms with van der Waals surface area (Å²) in [5.41, 5.74) is 3.73. The molecule has 0 aliphatic heterocycles. The second-order valence-electron chi connectivity index (χ2n) is 6.58. The van der Waals surface area contributed by atoms with E-state index in [1.54, 1.807) is 0 Å². The van der Waals surface area contributed by atoms with Crippen molar-refractivity contribution in [1.82, 2.24) is 0 Å². The molecule has 116 valence electrons. The molecule has 1 N–H and O–H groups in total. The lowest BCUT2D eigenvalue weighted by Gasteiger charge is -2.30. The number of aliphatic hydroxyl groups is 1. The summed E-state index contributed by atoms with van der Waals surface area (Å²) in [7, 11) is 0. The lowest BCUT2D eigenvalue weighted by Crippen LogP contribution is -2.24. The molecule has 0 bridgehead atoms. The van der Waals surface area contributed by atoms with Gasteiger partial charge in [0.25, 0.3) is 0 Å². The monoisotopic (exact) mass is 304 g/mol. The highest BCUT2D eigenvalue weighted by atomic mass is 16.3. The van der Waals surface area contributed by atoms with Crippen LogP contribution in [0.2, 0.25) is 0 Å². The van der Waals surface area contributed by atoms with Gasteiger partial charge in [0.1, 0.15) is 5.76 Å². The van der Waals surface area contributed by atoms with Crippen molar-refractivity contribution >= 4 is 11.5 Å². The topological polar surface area (TPSA) is 37.3 Å². The van der Waals surface area contributed by atoms with Gasteiger partial charge in [-0.2, -0.15) is 0 Å². The van der Waals surface area contributed by atoms with E-state index in [4.69, 9.17) is 0 Å². The number of ketones is 1. The Hall–Kier alpha value is -2.35. The van der Waals surface area contributed by atoms with E-state index < -0.39 is 0 Å². The molecule has 4 rings (SSSR count). The third-order valence-corrected chi connectivity index (χ3v) is 5.27. The fourth-order valence-corrected chi connectivity index (χ4v) is 4.25. The van der Waals surface area contributed by atoms with Crippen molar-refractivity contribution in [3.63, 3.8) is 0 Å². The summed E-state index contributed by atoms with van der Waals surface area (Å²) in [5, 5.41) is 10.8. The minimum absolute atomic E-state index is 0.0695. The molecule has 1 saturated carbocycles. The molecule has 2 unspecified atom stereocenters. The highest BCUT2D eigenvalue weighted by Gasteiger charge is 2.40. The van der Waals surface area contributed by atoms with Crippen LogP contribution in [0.1, 0.15) is 41.9 Å². The van der Waals surface area contributed by atoms with E-state index in [1.165, 1.54) is 5.56 Å². The van der Waals surface area contributed by atoms with Crippen LogP contribution in [-0.2, 0) is 11.2 Å². The molecule has 2 aromatic carbocycles. The van der Waals surface area contributed by atoms with Gasteiger partial charge < -0.3 is 5.11 Å². The maximum atomic E-state index is 12.9. The van der Waals surface area contributed by atoms with Gasteiger partial charge in [0.15, 0.2) is 5.78 Å². The Kier molecular flexibility index (Phi) is 3.53. The number of carbonyl (C=O) groups is 1. The molecule has 2 heteroatoms. The smallest absolute Gasteiger partial charge is 0.167 e. The number of aliphatic hydroxyl groups excluding tert-OH is 1. The predicted molar refractivity (Wildman–Crippen MR) is 91.2 cm³/mol. The van der Waals surface area contributed by atoms with Crippen LogP contribution in [0.3, 0.4) is 0 Å². The first-order valence-electron chi connectivity index (χ1n) is 8.35. The van der Waals surface area contributed by atoms with Gasteiger partial charge in [0.05, 0.1) is 0 Å². The Labute approximate surface area is 136 Å². The number of hydrogen-bond donors (Lipinski definition) is 1. The summed E-state index contributed by atoms with van der Waals surface area (Å²) in [6, 6.07) is 17.8. The molecule has 2 nitrogen and oxygen atoms in total. The molecule has 2 aliphatic rings. The predicted octanol–water partition coefficient (Wildman–Crippen LogP) is 4.66. The van der Waals surface area contributed by atoms with E-state index in [0.717, 1.165) is 30.4 Å². The lowest BCUT2D eigenvalue weighted by atomic mass is 9.74. The first-order valence-corrected chi connectivity index (χ1v) is 8.35. The summed E-state index contributed by atoms with van der Waals surface area (Å²) in [6.07, 6.45) is 3.60. The number of Topliss-reactive ketones (excluding diaryl/α,β-unsaturated/α-hetero) is 1. The zero-order valence-corrected chi connectivity index (χ0v) is 13.0. The van der Waals surface area contributed by atoms with Crippen LogP contribution in [0.25, 0.3) is 5.76 Å². The molecule has 2 aliphatic carbocycles. The normalized spacial score (nSPS) is 22.6. The molecule has 1 fully saturated rings. The number of hydrogen-bond acceptors (Lipinski definition) is 2. The first kappa shape index (κ1) is 14.3. The van der Waals surface area contributed by atoms with E-state index >= 15 is 0 Å². The van der Waals surface area contributed by atoms with Gasteiger partial charge in [-0.1, -0.05) is 61.0 Å². The summed E-state index contributed by atoms with van der Waals surface area (Å²) in [5.74, 6) is 0.850. The molecule has 23 heavy (non-hydrogen) atoms. The van der Waals surface area contributed by atoms with Gasteiger partial charge in [0, 0.05) is 17.6 Å². The van der Waals surface area contributed by atoms with Crippen molar-refractivity contribution in [2.45, 2.75) is 31.6 Å². The zero-order chi connectivity index (χ0) is 15.8. The molecular formula is C21H20O2. The molecule has 0 aromatic heterocycles. The SMILES string of the molecule is O=C(Cc1ccccc1)C1=C(O)c2ccccc2C2CCCC12. The van der Waals surface area contributed by atoms with Crippen molar-refractivity contribution in [3.8, 4) is 0 Å². The molecule has 0 radical (unpaired) electrons. The number of fused-ring (bicyclic) bond motifs is 3. The Morgan fingerprint density at radius 1 is 0.957 bits per heavy atom. The number of benzene rings is 2. The van der Waals surface area contributed by atoms with Gasteiger partial charge in [-0.3, -0.25) is 4.79 Å². The average Bonchev–Trinajstić information content (AvgIpc) is 3.05. The van der Waals surface area contributed by atoms with Crippen LogP contribution in [0.5, 0.6) is 0 Å². The molecule has 0 heterocycles. The summed E-state index contributed by atoms with van der Waals surface area (Å²) in [4.78, 5) is 12.9. The highest BCUT2D eigenvalue weighted by molar-refractivity contribution is 6.04. The third kappa shape index (κ3) is 2.39. The van der Waals surface area contributed by atoms with Crippen LogP contribution in [0.4, 0.5) is 0 Å². The average molecular weight is 304 g/mol. The number of carbonyl (C=O) groups excluding carboxylic acids is 1. The highest BCUT2D eigenvalue weighted by Crippen LogP contribution is 2.50. The zero-order valence-electron chi connectivity index (χ0n) is 13.0. The van der Waals surface area contributed by atoms with Crippen LogP contribution >= 0.6 is 0 Å². The summed E-state index contributed by atoms with van der Waals surface area (Å²) in [6.45, 7) is 0. The standard InChI is InChI=1S/C21H20O2/c22-19(13-14-7-2-1-3-8-14)20-17-12-6-11-15(17)16-9-4-5-10-18(16)21(20)23/h1-5,7-10,15,17,23H,6,11-13H2. The molecular weight excluding hydrogens is 284 g/mol. The van der Waals surface area contributed by atoms with Gasteiger partial charge in [-0.05, 0) is 35.8 Å². The van der Waals surface area contributed by atoms with Crippen LogP contribution in [-0.4, -0.2) is 10.9 Å². The number of rotatable bonds is 3. The quantitative estimate of drug-likeness (QED) is 0.895. The Morgan fingerprint density at radius 2 is 1.65 bits per heavy atom. The van der Waals surface area contributed by atoms with Gasteiger partial charge in [-0.25, -0.2) is 0 Å². The van der Waals surface area contributed by atoms with Crippen LogP contribution in [0.15, 0.2) is 60.2 Å². The molecule has 2 aromatic rings. The van der Waals surface area contributed by atoms with Crippen molar-refractivity contribution in [2.24, 2.45) is 5.92 Å². The van der Waals surface area contributed by atoms with Crippen molar-refractivity contribution < 1.29 is 9.90 Å². The van der Waals surface area contributed by atoms with Gasteiger partial charge >= 0.3 is 0 Å². The fourth-order valence-electron chi connectivity index (χ4n) is 4.25. The van der Waals surface area contributed by atoms with Crippen LogP contribution < -0.4 is 0 Å². The van der Waals surface area contributed by atoms with Crippen molar-refractivity contribution in [3.05, 3.63) is 76.9 Å². The van der Waals surface area contributed by atoms with Crippen molar-refractivity contribution in [1.29, 1.82) is 0 Å². The maximum Gasteiger partial charge on any atom is 0.167 e. The largest absolute Gasteiger partial charge is 0.507 e. The second kappa shape index (κ2) is 5.69. The van der Waals surface area contributed by atoms with Crippen molar-refractivity contribution in [2.75, 3.05) is 0 Å². The van der Waals surface area contributed by atoms with E-state index in [-0.39, 0.29) is 17.5 Å². The van der Waals surface area contributed by atoms with Crippen LogP contribution in [0, 0.1) is 5.92 Å². The number of allylic oxidation sites excluding steroid dienone is 1. The summed E-state index contributed by atoms with van der Waals surface area (Å²) >= 11 is 0. The molecule has 0 spiro atoms. The Bertz CT molecular complexity index is 773. The van der Waals surface area contributed by atoms with Gasteiger partial charge in [-0.15, -0.1) is 0 Å². The molecule has 0 saturated heterocycles.